The van der Waals surface area contributed by atoms with Gasteiger partial charge in [0, 0.05) is 5.56 Å². The first-order valence-corrected chi connectivity index (χ1v) is 9.96. The summed E-state index contributed by atoms with van der Waals surface area (Å²) in [4.78, 5) is 37.5. The molecule has 0 aromatic heterocycles. The van der Waals surface area contributed by atoms with Crippen LogP contribution >= 0.6 is 11.8 Å². The highest BCUT2D eigenvalue weighted by Crippen LogP contribution is 2.34. The van der Waals surface area contributed by atoms with E-state index >= 15 is 0 Å². The van der Waals surface area contributed by atoms with Crippen molar-refractivity contribution >= 4 is 35.0 Å². The Morgan fingerprint density at radius 3 is 2.55 bits per heavy atom. The maximum Gasteiger partial charge on any atom is 0.326 e. The van der Waals surface area contributed by atoms with E-state index in [1.165, 1.54) is 6.08 Å². The van der Waals surface area contributed by atoms with Gasteiger partial charge in [-0.25, -0.2) is 0 Å². The van der Waals surface area contributed by atoms with Crippen LogP contribution in [0.5, 0.6) is 5.75 Å². The van der Waals surface area contributed by atoms with Crippen LogP contribution in [0.4, 0.5) is 4.79 Å². The normalized spacial score (nSPS) is 15.4. The third-order valence-corrected chi connectivity index (χ3v) is 5.06. The topological polar surface area (TPSA) is 83.9 Å². The van der Waals surface area contributed by atoms with Crippen LogP contribution in [-0.2, 0) is 20.7 Å². The first-order chi connectivity index (χ1) is 13.8. The fourth-order valence-electron chi connectivity index (χ4n) is 2.87. The van der Waals surface area contributed by atoms with Gasteiger partial charge in [-0.15, -0.1) is 0 Å². The first kappa shape index (κ1) is 20.7. The molecule has 2 aromatic rings. The summed E-state index contributed by atoms with van der Waals surface area (Å²) >= 11 is 0.736. The van der Waals surface area contributed by atoms with E-state index in [2.05, 4.69) is 0 Å². The van der Waals surface area contributed by atoms with Gasteiger partial charge in [-0.2, -0.15) is 0 Å². The lowest BCUT2D eigenvalue weighted by Crippen LogP contribution is -2.35. The molecular formula is C22H21NO5S. The molecule has 0 atom stereocenters. The molecule has 0 radical (unpaired) electrons. The van der Waals surface area contributed by atoms with Gasteiger partial charge in [0.05, 0.1) is 11.0 Å². The van der Waals surface area contributed by atoms with E-state index in [-0.39, 0.29) is 16.8 Å². The number of aromatic hydroxyl groups is 1. The average Bonchev–Trinajstić information content (AvgIpc) is 2.92. The van der Waals surface area contributed by atoms with Crippen LogP contribution < -0.4 is 0 Å². The van der Waals surface area contributed by atoms with Gasteiger partial charge in [0.15, 0.2) is 0 Å². The van der Waals surface area contributed by atoms with Crippen LogP contribution in [0.25, 0.3) is 6.08 Å². The Kier molecular flexibility index (Phi) is 6.39. The van der Waals surface area contributed by atoms with Gasteiger partial charge in [0.1, 0.15) is 12.3 Å². The molecular weight excluding hydrogens is 390 g/mol. The van der Waals surface area contributed by atoms with Crippen molar-refractivity contribution < 1.29 is 24.2 Å². The van der Waals surface area contributed by atoms with Gasteiger partial charge in [-0.1, -0.05) is 36.4 Å². The van der Waals surface area contributed by atoms with Crippen molar-refractivity contribution in [3.05, 3.63) is 70.1 Å². The van der Waals surface area contributed by atoms with E-state index in [4.69, 9.17) is 4.74 Å². The van der Waals surface area contributed by atoms with E-state index in [0.717, 1.165) is 27.8 Å². The van der Waals surface area contributed by atoms with Crippen molar-refractivity contribution in [2.24, 2.45) is 0 Å². The quantitative estimate of drug-likeness (QED) is 0.572. The zero-order chi connectivity index (χ0) is 21.0. The van der Waals surface area contributed by atoms with E-state index in [1.54, 1.807) is 26.0 Å². The zero-order valence-electron chi connectivity index (χ0n) is 16.1. The van der Waals surface area contributed by atoms with Crippen molar-refractivity contribution in [1.29, 1.82) is 0 Å². The van der Waals surface area contributed by atoms with Crippen molar-refractivity contribution in [2.75, 3.05) is 6.54 Å². The lowest BCUT2D eigenvalue weighted by Gasteiger charge is -2.13. The number of carbonyl (C=O) groups is 3. The van der Waals surface area contributed by atoms with E-state index in [0.29, 0.717) is 12.0 Å². The van der Waals surface area contributed by atoms with Gasteiger partial charge >= 0.3 is 5.97 Å². The number of benzene rings is 2. The molecule has 2 aromatic carbocycles. The number of thioether (sulfide) groups is 1. The lowest BCUT2D eigenvalue weighted by atomic mass is 10.0. The number of esters is 1. The molecule has 0 spiro atoms. The number of nitrogens with zero attached hydrogens (tertiary/aromatic N) is 1. The predicted octanol–water partition coefficient (Wildman–Crippen LogP) is 3.97. The standard InChI is InChI=1S/C22H21NO5S/c1-14(2)28-20(25)13-23-21(26)19(29-22(23)27)12-17-11-16(8-9-18(17)24)10-15-6-4-3-5-7-15/h3-9,11-12,14,24H,10,13H2,1-2H3/b19-12-. The molecule has 6 nitrogen and oxygen atoms in total. The average molecular weight is 411 g/mol. The van der Waals surface area contributed by atoms with E-state index < -0.39 is 23.7 Å². The number of imide groups is 1. The number of rotatable bonds is 6. The summed E-state index contributed by atoms with van der Waals surface area (Å²) in [6.45, 7) is 2.95. The van der Waals surface area contributed by atoms with Gasteiger partial charge in [0.2, 0.25) is 0 Å². The molecule has 1 heterocycles. The Morgan fingerprint density at radius 2 is 1.86 bits per heavy atom. The third kappa shape index (κ3) is 5.26. The minimum absolute atomic E-state index is 0.00725. The zero-order valence-corrected chi connectivity index (χ0v) is 16.9. The number of hydrogen-bond donors (Lipinski definition) is 1. The monoisotopic (exact) mass is 411 g/mol. The largest absolute Gasteiger partial charge is 0.507 e. The van der Waals surface area contributed by atoms with E-state index in [1.807, 2.05) is 36.4 Å². The minimum atomic E-state index is -0.642. The molecule has 1 aliphatic rings. The molecule has 150 valence electrons. The number of carbonyl (C=O) groups excluding carboxylic acids is 3. The van der Waals surface area contributed by atoms with Crippen molar-refractivity contribution in [1.82, 2.24) is 4.90 Å². The fraction of sp³-hybridized carbons (Fsp3) is 0.227. The minimum Gasteiger partial charge on any atom is -0.507 e. The molecule has 2 amide bonds. The Bertz CT molecular complexity index is 968. The highest BCUT2D eigenvalue weighted by molar-refractivity contribution is 8.18. The molecule has 3 rings (SSSR count). The highest BCUT2D eigenvalue weighted by Gasteiger charge is 2.37. The summed E-state index contributed by atoms with van der Waals surface area (Å²) in [6, 6.07) is 15.0. The molecule has 1 saturated heterocycles. The van der Waals surface area contributed by atoms with Crippen LogP contribution in [0.2, 0.25) is 0 Å². The molecule has 1 aliphatic heterocycles. The second-order valence-corrected chi connectivity index (χ2v) is 7.86. The number of ether oxygens (including phenoxy) is 1. The summed E-state index contributed by atoms with van der Waals surface area (Å²) in [7, 11) is 0. The maximum absolute atomic E-state index is 12.6. The Morgan fingerprint density at radius 1 is 1.14 bits per heavy atom. The number of phenolic OH excluding ortho intramolecular Hbond substituents is 1. The third-order valence-electron chi connectivity index (χ3n) is 4.16. The second-order valence-electron chi connectivity index (χ2n) is 6.86. The molecule has 1 fully saturated rings. The van der Waals surface area contributed by atoms with Crippen LogP contribution in [-0.4, -0.2) is 39.8 Å². The van der Waals surface area contributed by atoms with Crippen molar-refractivity contribution in [3.63, 3.8) is 0 Å². The predicted molar refractivity (Wildman–Crippen MR) is 111 cm³/mol. The Labute approximate surface area is 173 Å². The van der Waals surface area contributed by atoms with Gasteiger partial charge in [-0.05, 0) is 61.4 Å². The molecule has 0 bridgehead atoms. The molecule has 1 N–H and O–H groups in total. The first-order valence-electron chi connectivity index (χ1n) is 9.14. The molecule has 29 heavy (non-hydrogen) atoms. The van der Waals surface area contributed by atoms with Crippen LogP contribution in [0.1, 0.15) is 30.5 Å². The molecule has 0 aliphatic carbocycles. The molecule has 0 unspecified atom stereocenters. The van der Waals surface area contributed by atoms with Gasteiger partial charge in [0.25, 0.3) is 11.1 Å². The SMILES string of the molecule is CC(C)OC(=O)CN1C(=O)S/C(=C\c2cc(Cc3ccccc3)ccc2O)C1=O. The van der Waals surface area contributed by atoms with Gasteiger partial charge in [-0.3, -0.25) is 19.3 Å². The summed E-state index contributed by atoms with van der Waals surface area (Å²) < 4.78 is 5.00. The number of phenols is 1. The molecule has 0 saturated carbocycles. The summed E-state index contributed by atoms with van der Waals surface area (Å²) in [6.07, 6.45) is 1.81. The maximum atomic E-state index is 12.6. The summed E-state index contributed by atoms with van der Waals surface area (Å²) in [5, 5.41) is 9.65. The van der Waals surface area contributed by atoms with Crippen LogP contribution in [0, 0.1) is 0 Å². The van der Waals surface area contributed by atoms with Crippen LogP contribution in [0.3, 0.4) is 0 Å². The number of amides is 2. The second kappa shape index (κ2) is 8.96. The Hall–Kier alpha value is -3.06. The summed E-state index contributed by atoms with van der Waals surface area (Å²) in [5.74, 6) is -1.21. The van der Waals surface area contributed by atoms with Crippen molar-refractivity contribution in [3.8, 4) is 5.75 Å². The van der Waals surface area contributed by atoms with Crippen molar-refractivity contribution in [2.45, 2.75) is 26.4 Å². The van der Waals surface area contributed by atoms with Crippen LogP contribution in [0.15, 0.2) is 53.4 Å². The smallest absolute Gasteiger partial charge is 0.326 e. The molecule has 7 heteroatoms. The highest BCUT2D eigenvalue weighted by atomic mass is 32.2. The lowest BCUT2D eigenvalue weighted by molar-refractivity contribution is -0.149. The summed E-state index contributed by atoms with van der Waals surface area (Å²) in [5.41, 5.74) is 2.52. The van der Waals surface area contributed by atoms with E-state index in [9.17, 15) is 19.5 Å². The number of hydrogen-bond acceptors (Lipinski definition) is 6. The Balaban J connectivity index is 1.79. The fourth-order valence-corrected chi connectivity index (χ4v) is 3.70. The van der Waals surface area contributed by atoms with Gasteiger partial charge < -0.3 is 9.84 Å².